The number of alkyl halides is 8. The summed E-state index contributed by atoms with van der Waals surface area (Å²) in [6, 6.07) is 34.5. The minimum absolute atomic E-state index is 0.106. The Morgan fingerprint density at radius 2 is 0.493 bits per heavy atom. The highest BCUT2D eigenvalue weighted by Crippen LogP contribution is 2.51. The van der Waals surface area contributed by atoms with Crippen LogP contribution in [0.25, 0.3) is 43.6 Å². The minimum Gasteiger partial charge on any atom is -0.492 e. The fraction of sp³-hybridized carbons (Fsp3) is 0.500. The smallest absolute Gasteiger partial charge is 0.257 e. The first-order valence-electron chi connectivity index (χ1n) is 51.1. The Hall–Kier alpha value is -10.3. The number of fused-ring (bicyclic) bond motifs is 12. The van der Waals surface area contributed by atoms with Crippen molar-refractivity contribution in [2.45, 2.75) is 224 Å². The van der Waals surface area contributed by atoms with Crippen LogP contribution in [-0.4, -0.2) is 238 Å². The molecule has 12 heterocycles. The van der Waals surface area contributed by atoms with Gasteiger partial charge in [0.1, 0.15) is 96.0 Å². The Kier molecular flexibility index (Phi) is 32.7. The molecule has 12 aromatic rings. The van der Waals surface area contributed by atoms with E-state index in [1.807, 2.05) is 125 Å². The predicted molar refractivity (Wildman–Crippen MR) is 531 cm³/mol. The summed E-state index contributed by atoms with van der Waals surface area (Å²) in [5, 5.41) is 3.80. The van der Waals surface area contributed by atoms with Crippen molar-refractivity contribution in [3.63, 3.8) is 0 Å². The van der Waals surface area contributed by atoms with Gasteiger partial charge in [0.2, 0.25) is 0 Å². The molecule has 0 spiro atoms. The molecule has 8 aromatic carbocycles. The molecule has 0 bridgehead atoms. The number of rotatable bonds is 29. The van der Waals surface area contributed by atoms with Gasteiger partial charge in [-0.3, -0.25) is 39.2 Å². The number of aromatic amines is 4. The molecule has 16 nitrogen and oxygen atoms in total. The average molecular weight is 2010 g/mol. The Labute approximate surface area is 831 Å². The van der Waals surface area contributed by atoms with Crippen molar-refractivity contribution >= 4 is 43.6 Å². The number of halogens is 16. The van der Waals surface area contributed by atoms with Gasteiger partial charge in [-0.15, -0.1) is 0 Å². The molecule has 4 aromatic heterocycles. The fourth-order valence-electron chi connectivity index (χ4n) is 23.0. The number of hydrogen-bond acceptors (Lipinski definition) is 12. The SMILES string of the molecule is CCC1CN(CCOc2cc(F)c([C@@H]3c4[nH]c5ccccc5c4C[C@@H](C)N3CC(C)(F)F)c(F)c2)C1.C[C@@H]1Cc2c([nH]c3ccccc23)[C@@H](c2c(F)cc(OCCN3CCCC3)cc2F)N1CC(C)(F)F.C[C@@H]1Cc2c([nH]c3ccccc23)[C@@H](c2c(F)cc(OCCN3CCCCC3)cc2F)N1CC(C)(F)F.C[C@@H]1Cc2c([nH]c3ccccc23)[C@@H](c2c(F)cc(OCCN3CCCCCC3)cc2F)N1CC(C)(F)F. The van der Waals surface area contributed by atoms with Gasteiger partial charge in [-0.2, -0.15) is 0 Å². The Morgan fingerprint density at radius 3 is 0.708 bits per heavy atom. The molecular weight excluding hydrogens is 1880 g/mol. The van der Waals surface area contributed by atoms with Gasteiger partial charge in [0.05, 0.1) is 50.3 Å². The zero-order valence-electron chi connectivity index (χ0n) is 83.4. The van der Waals surface area contributed by atoms with Gasteiger partial charge in [0.25, 0.3) is 23.7 Å². The molecule has 144 heavy (non-hydrogen) atoms. The third-order valence-corrected chi connectivity index (χ3v) is 29.9. The first-order valence-corrected chi connectivity index (χ1v) is 51.1. The summed E-state index contributed by atoms with van der Waals surface area (Å²) in [4.78, 5) is 28.3. The summed E-state index contributed by atoms with van der Waals surface area (Å²) in [7, 11) is 0. The number of H-pyrrole nitrogens is 4. The van der Waals surface area contributed by atoms with Gasteiger partial charge in [0.15, 0.2) is 0 Å². The lowest BCUT2D eigenvalue weighted by Gasteiger charge is -2.42. The second kappa shape index (κ2) is 44.8. The topological polar surface area (TPSA) is 126 Å². The summed E-state index contributed by atoms with van der Waals surface area (Å²) < 4.78 is 261. The quantitative estimate of drug-likeness (QED) is 0.0334. The Balaban J connectivity index is 0.000000132. The van der Waals surface area contributed by atoms with Crippen LogP contribution in [0.2, 0.25) is 0 Å². The lowest BCUT2D eigenvalue weighted by atomic mass is 9.87. The second-order valence-corrected chi connectivity index (χ2v) is 41.4. The second-order valence-electron chi connectivity index (χ2n) is 41.4. The van der Waals surface area contributed by atoms with Crippen molar-refractivity contribution in [2.75, 3.05) is 131 Å². The molecule has 4 fully saturated rings. The van der Waals surface area contributed by atoms with E-state index < -0.39 is 121 Å². The van der Waals surface area contributed by atoms with E-state index in [-0.39, 0.29) is 69.4 Å². The van der Waals surface area contributed by atoms with Crippen LogP contribution in [0.4, 0.5) is 70.2 Å². The van der Waals surface area contributed by atoms with Gasteiger partial charge in [-0.25, -0.2) is 70.2 Å². The van der Waals surface area contributed by atoms with Crippen LogP contribution in [0, 0.1) is 52.5 Å². The molecule has 0 amide bonds. The summed E-state index contributed by atoms with van der Waals surface area (Å²) >= 11 is 0. The molecule has 776 valence electrons. The normalized spacial score (nSPS) is 21.6. The van der Waals surface area contributed by atoms with Crippen LogP contribution in [0.1, 0.15) is 218 Å². The third kappa shape index (κ3) is 24.4. The van der Waals surface area contributed by atoms with Crippen molar-refractivity contribution in [3.8, 4) is 23.0 Å². The first kappa shape index (κ1) is 105. The van der Waals surface area contributed by atoms with Crippen LogP contribution in [0.15, 0.2) is 146 Å². The van der Waals surface area contributed by atoms with Crippen molar-refractivity contribution in [3.05, 3.63) is 259 Å². The Morgan fingerprint density at radius 1 is 0.292 bits per heavy atom. The number of nitrogens with one attached hydrogen (secondary N) is 4. The molecule has 0 radical (unpaired) electrons. The number of benzene rings is 8. The lowest BCUT2D eigenvalue weighted by molar-refractivity contribution is -0.0378. The zero-order valence-corrected chi connectivity index (χ0v) is 83.4. The van der Waals surface area contributed by atoms with Gasteiger partial charge >= 0.3 is 0 Å². The molecule has 4 saturated heterocycles. The number of aromatic nitrogens is 4. The summed E-state index contributed by atoms with van der Waals surface area (Å²) in [6.07, 6.45) is 13.8. The highest BCUT2D eigenvalue weighted by molar-refractivity contribution is 5.88. The summed E-state index contributed by atoms with van der Waals surface area (Å²) in [6.45, 7) is 22.6. The van der Waals surface area contributed by atoms with Crippen LogP contribution >= 0.6 is 0 Å². The summed E-state index contributed by atoms with van der Waals surface area (Å²) in [5.41, 5.74) is 8.27. The van der Waals surface area contributed by atoms with E-state index in [0.29, 0.717) is 107 Å². The van der Waals surface area contributed by atoms with E-state index in [1.165, 1.54) is 87.4 Å². The monoisotopic (exact) mass is 2010 g/mol. The van der Waals surface area contributed by atoms with Crippen molar-refractivity contribution in [1.82, 2.24) is 59.1 Å². The van der Waals surface area contributed by atoms with Gasteiger partial charge in [-0.1, -0.05) is 105 Å². The number of likely N-dealkylation sites (tertiary alicyclic amines) is 4. The predicted octanol–water partition coefficient (Wildman–Crippen LogP) is 25.1. The highest BCUT2D eigenvalue weighted by atomic mass is 19.3. The number of piperidine rings is 1. The first-order chi connectivity index (χ1) is 68.8. The molecule has 8 atom stereocenters. The van der Waals surface area contributed by atoms with E-state index >= 15 is 35.1 Å². The van der Waals surface area contributed by atoms with Crippen molar-refractivity contribution < 1.29 is 89.2 Å². The van der Waals surface area contributed by atoms with Crippen LogP contribution in [0.5, 0.6) is 23.0 Å². The molecule has 0 aliphatic carbocycles. The van der Waals surface area contributed by atoms with E-state index in [1.54, 1.807) is 0 Å². The molecule has 8 aliphatic heterocycles. The maximum atomic E-state index is 15.7. The molecule has 20 rings (SSSR count). The largest absolute Gasteiger partial charge is 0.492 e. The van der Waals surface area contributed by atoms with Crippen LogP contribution in [0.3, 0.4) is 0 Å². The number of nitrogens with zero attached hydrogens (tertiary/aromatic N) is 8. The Bertz CT molecular complexity index is 6300. The van der Waals surface area contributed by atoms with Crippen molar-refractivity contribution in [1.29, 1.82) is 0 Å². The molecule has 0 unspecified atom stereocenters. The zero-order chi connectivity index (χ0) is 102. The number of para-hydroxylation sites is 4. The molecular formula is C112H132F16N12O4. The number of ether oxygens (including phenoxy) is 4. The van der Waals surface area contributed by atoms with E-state index in [9.17, 15) is 35.1 Å². The van der Waals surface area contributed by atoms with Crippen LogP contribution in [-0.2, 0) is 25.7 Å². The fourth-order valence-corrected chi connectivity index (χ4v) is 23.0. The van der Waals surface area contributed by atoms with Gasteiger partial charge < -0.3 is 38.9 Å². The van der Waals surface area contributed by atoms with E-state index in [2.05, 4.69) is 46.5 Å². The third-order valence-electron chi connectivity index (χ3n) is 29.9. The maximum Gasteiger partial charge on any atom is 0.257 e. The average Bonchev–Trinajstić information content (AvgIpc) is 1.56. The highest BCUT2D eigenvalue weighted by Gasteiger charge is 2.48. The molecule has 32 heteroatoms. The van der Waals surface area contributed by atoms with Gasteiger partial charge in [0, 0.05) is 228 Å². The van der Waals surface area contributed by atoms with Crippen LogP contribution < -0.4 is 18.9 Å². The van der Waals surface area contributed by atoms with E-state index in [0.717, 1.165) is 191 Å². The lowest BCUT2D eigenvalue weighted by Crippen LogP contribution is -2.48. The molecule has 8 aliphatic rings. The number of hydrogen-bond donors (Lipinski definition) is 4. The minimum atomic E-state index is -3.03. The standard InChI is InChI=1S/C29H35F4N3O.2C28H33F4N3O.C27H31F4N3O/c1-19-15-22-21-9-5-6-10-25(21)34-27(22)28(36(19)18-29(2,32)33)26-23(30)16-20(17-24(26)31)37-14-13-35-11-7-3-4-8-12-35;1-18-14-21-20-8-4-5-9-24(20)33-26(21)27(35(18)17-28(2,31)32)25-22(29)15-19(16-23(25)30)36-13-12-34-10-6-3-7-11-34;1-4-18-14-34(15-18)9-10-36-19-12-22(29)25(23(30)13-19)27-26-21(20-7-5-6-8-24(20)33-26)11-17(2)35(27)16-28(3,31)32;1-17-13-20-19-7-3-4-8-23(19)32-25(20)26(34(17)16-27(2,30)31)24-21(28)14-18(15-22(24)29)35-12-11-33-9-5-6-10-33/h5-6,9-10,16-17,19,28,34H,3-4,7-8,11-15,18H2,1-2H3;4-5,8-9,15-16,18,27,33H,3,6-7,10-14,17H2,1-2H3;5-8,12-13,17-18,27,33H,4,9-11,14-16H2,1-3H3;3-4,7-8,14-15,17,26,32H,5-6,9-13,16H2,1-2H3/t19-,28-;18-,27-;17-,27-;17-,26-/m1111/s1. The molecule has 4 N–H and O–H groups in total. The van der Waals surface area contributed by atoms with Crippen molar-refractivity contribution in [2.24, 2.45) is 5.92 Å². The summed E-state index contributed by atoms with van der Waals surface area (Å²) in [5.74, 6) is -17.3. The van der Waals surface area contributed by atoms with Gasteiger partial charge in [-0.05, 0) is 184 Å². The maximum absolute atomic E-state index is 15.7. The molecule has 0 saturated carbocycles. The van der Waals surface area contributed by atoms with E-state index in [4.69, 9.17) is 18.9 Å².